The number of aromatic nitrogens is 2. The highest BCUT2D eigenvalue weighted by Crippen LogP contribution is 2.40. The Morgan fingerprint density at radius 3 is 2.55 bits per heavy atom. The highest BCUT2D eigenvalue weighted by molar-refractivity contribution is 5.90. The fourth-order valence-electron chi connectivity index (χ4n) is 4.41. The van der Waals surface area contributed by atoms with Crippen molar-refractivity contribution in [2.75, 3.05) is 6.54 Å². The van der Waals surface area contributed by atoms with Crippen molar-refractivity contribution in [3.05, 3.63) is 89.5 Å². The molecule has 2 aliphatic rings. The molecule has 0 bridgehead atoms. The van der Waals surface area contributed by atoms with Crippen molar-refractivity contribution in [1.29, 1.82) is 5.26 Å². The number of nitrogens with zero attached hydrogens (tertiary/aromatic N) is 4. The Morgan fingerprint density at radius 2 is 1.86 bits per heavy atom. The Balaban J connectivity index is 1.69. The maximum absolute atomic E-state index is 14.0. The Labute approximate surface area is 170 Å². The SMILES string of the molecule is N#Cc1ccc(C2(Cc3ccccc3)C(=O)N(CC3CC3)Cc3cncn32)cc1. The summed E-state index contributed by atoms with van der Waals surface area (Å²) in [7, 11) is 0. The minimum Gasteiger partial charge on any atom is -0.334 e. The molecule has 5 heteroatoms. The van der Waals surface area contributed by atoms with Crippen molar-refractivity contribution in [3.63, 3.8) is 0 Å². The van der Waals surface area contributed by atoms with Crippen molar-refractivity contribution >= 4 is 5.91 Å². The minimum absolute atomic E-state index is 0.114. The zero-order chi connectivity index (χ0) is 19.8. The Bertz CT molecular complexity index is 1080. The minimum atomic E-state index is -0.895. The number of amides is 1. The molecule has 3 aromatic rings. The molecule has 144 valence electrons. The van der Waals surface area contributed by atoms with Gasteiger partial charge in [0.15, 0.2) is 5.54 Å². The molecular formula is C24H22N4O. The summed E-state index contributed by atoms with van der Waals surface area (Å²) in [6, 6.07) is 19.7. The number of imidazole rings is 1. The number of rotatable bonds is 5. The monoisotopic (exact) mass is 382 g/mol. The van der Waals surface area contributed by atoms with E-state index in [2.05, 4.69) is 23.2 Å². The van der Waals surface area contributed by atoms with E-state index in [0.717, 1.165) is 23.4 Å². The molecule has 1 aliphatic carbocycles. The molecular weight excluding hydrogens is 360 g/mol. The summed E-state index contributed by atoms with van der Waals surface area (Å²) in [5.41, 5.74) is 2.73. The van der Waals surface area contributed by atoms with Crippen molar-refractivity contribution in [2.24, 2.45) is 5.92 Å². The van der Waals surface area contributed by atoms with Gasteiger partial charge in [-0.25, -0.2) is 4.98 Å². The summed E-state index contributed by atoms with van der Waals surface area (Å²) in [5.74, 6) is 0.729. The summed E-state index contributed by atoms with van der Waals surface area (Å²) in [5, 5.41) is 9.22. The van der Waals surface area contributed by atoms with Crippen molar-refractivity contribution in [3.8, 4) is 6.07 Å². The molecule has 5 rings (SSSR count). The molecule has 1 unspecified atom stereocenters. The zero-order valence-corrected chi connectivity index (χ0v) is 16.2. The molecule has 1 fully saturated rings. The van der Waals surface area contributed by atoms with Crippen LogP contribution in [0.2, 0.25) is 0 Å². The number of hydrogen-bond donors (Lipinski definition) is 0. The molecule has 5 nitrogen and oxygen atoms in total. The fraction of sp³-hybridized carbons (Fsp3) is 0.292. The number of hydrogen-bond acceptors (Lipinski definition) is 3. The molecule has 1 amide bonds. The average molecular weight is 382 g/mol. The van der Waals surface area contributed by atoms with Gasteiger partial charge in [0.05, 0.1) is 30.2 Å². The van der Waals surface area contributed by atoms with Gasteiger partial charge in [-0.05, 0) is 42.0 Å². The molecule has 2 heterocycles. The van der Waals surface area contributed by atoms with Crippen LogP contribution in [0.25, 0.3) is 0 Å². The van der Waals surface area contributed by atoms with Gasteiger partial charge in [0.25, 0.3) is 5.91 Å². The Hall–Kier alpha value is -3.39. The van der Waals surface area contributed by atoms with Crippen LogP contribution in [-0.2, 0) is 23.3 Å². The van der Waals surface area contributed by atoms with Crippen LogP contribution >= 0.6 is 0 Å². The van der Waals surface area contributed by atoms with Gasteiger partial charge < -0.3 is 9.47 Å². The first-order chi connectivity index (χ1) is 14.2. The van der Waals surface area contributed by atoms with Gasteiger partial charge in [0.1, 0.15) is 0 Å². The largest absolute Gasteiger partial charge is 0.334 e. The van der Waals surface area contributed by atoms with Crippen molar-refractivity contribution < 1.29 is 4.79 Å². The van der Waals surface area contributed by atoms with Crippen LogP contribution in [-0.4, -0.2) is 26.9 Å². The first-order valence-electron chi connectivity index (χ1n) is 10.1. The van der Waals surface area contributed by atoms with Crippen LogP contribution < -0.4 is 0 Å². The van der Waals surface area contributed by atoms with Crippen LogP contribution in [0, 0.1) is 17.2 Å². The van der Waals surface area contributed by atoms with Crippen LogP contribution in [0.3, 0.4) is 0 Å². The number of nitriles is 1. The predicted molar refractivity (Wildman–Crippen MR) is 109 cm³/mol. The molecule has 2 aromatic carbocycles. The van der Waals surface area contributed by atoms with Crippen LogP contribution in [0.5, 0.6) is 0 Å². The molecule has 0 spiro atoms. The quantitative estimate of drug-likeness (QED) is 0.679. The van der Waals surface area contributed by atoms with Crippen LogP contribution in [0.15, 0.2) is 67.1 Å². The van der Waals surface area contributed by atoms with Crippen LogP contribution in [0.4, 0.5) is 0 Å². The summed E-state index contributed by atoms with van der Waals surface area (Å²) >= 11 is 0. The number of benzene rings is 2. The third kappa shape index (κ3) is 3.01. The molecule has 1 aliphatic heterocycles. The second kappa shape index (κ2) is 6.89. The highest BCUT2D eigenvalue weighted by Gasteiger charge is 2.49. The molecule has 1 atom stereocenters. The lowest BCUT2D eigenvalue weighted by Gasteiger charge is -2.44. The smallest absolute Gasteiger partial charge is 0.254 e. The van der Waals surface area contributed by atoms with Gasteiger partial charge in [-0.1, -0.05) is 42.5 Å². The van der Waals surface area contributed by atoms with Gasteiger partial charge >= 0.3 is 0 Å². The number of carbonyl (C=O) groups is 1. The first kappa shape index (κ1) is 17.7. The Kier molecular flexibility index (Phi) is 4.21. The highest BCUT2D eigenvalue weighted by atomic mass is 16.2. The van der Waals surface area contributed by atoms with Crippen molar-refractivity contribution in [2.45, 2.75) is 31.3 Å². The van der Waals surface area contributed by atoms with E-state index < -0.39 is 5.54 Å². The van der Waals surface area contributed by atoms with E-state index >= 15 is 0 Å². The van der Waals surface area contributed by atoms with Gasteiger partial charge in [0.2, 0.25) is 0 Å². The molecule has 0 radical (unpaired) electrons. The second-order valence-electron chi connectivity index (χ2n) is 8.10. The van der Waals surface area contributed by atoms with E-state index in [-0.39, 0.29) is 5.91 Å². The molecule has 1 saturated carbocycles. The lowest BCUT2D eigenvalue weighted by atomic mass is 9.80. The summed E-state index contributed by atoms with van der Waals surface area (Å²) in [4.78, 5) is 20.4. The second-order valence-corrected chi connectivity index (χ2v) is 8.10. The normalized spacial score (nSPS) is 20.9. The van der Waals surface area contributed by atoms with E-state index in [1.165, 1.54) is 12.8 Å². The van der Waals surface area contributed by atoms with Gasteiger partial charge in [-0.3, -0.25) is 4.79 Å². The van der Waals surface area contributed by atoms with Gasteiger partial charge in [-0.2, -0.15) is 5.26 Å². The first-order valence-corrected chi connectivity index (χ1v) is 10.1. The predicted octanol–water partition coefficient (Wildman–Crippen LogP) is 3.49. The summed E-state index contributed by atoms with van der Waals surface area (Å²) in [6.07, 6.45) is 6.60. The lowest BCUT2D eigenvalue weighted by Crippen LogP contribution is -2.57. The van der Waals surface area contributed by atoms with Gasteiger partial charge in [0, 0.05) is 19.2 Å². The van der Waals surface area contributed by atoms with E-state index in [0.29, 0.717) is 24.4 Å². The molecule has 0 N–H and O–H groups in total. The fourth-order valence-corrected chi connectivity index (χ4v) is 4.41. The van der Waals surface area contributed by atoms with E-state index in [4.69, 9.17) is 0 Å². The maximum atomic E-state index is 14.0. The van der Waals surface area contributed by atoms with Gasteiger partial charge in [-0.15, -0.1) is 0 Å². The molecule has 0 saturated heterocycles. The van der Waals surface area contributed by atoms with Crippen molar-refractivity contribution in [1.82, 2.24) is 14.5 Å². The maximum Gasteiger partial charge on any atom is 0.254 e. The third-order valence-corrected chi connectivity index (χ3v) is 6.09. The summed E-state index contributed by atoms with van der Waals surface area (Å²) < 4.78 is 2.05. The zero-order valence-electron chi connectivity index (χ0n) is 16.2. The number of carbonyl (C=O) groups excluding carboxylic acids is 1. The van der Waals surface area contributed by atoms with E-state index in [1.807, 2.05) is 46.0 Å². The topological polar surface area (TPSA) is 61.9 Å². The average Bonchev–Trinajstić information content (AvgIpc) is 3.45. The van der Waals surface area contributed by atoms with E-state index in [1.54, 1.807) is 18.5 Å². The summed E-state index contributed by atoms with van der Waals surface area (Å²) in [6.45, 7) is 1.40. The third-order valence-electron chi connectivity index (χ3n) is 6.09. The molecule has 29 heavy (non-hydrogen) atoms. The van der Waals surface area contributed by atoms with E-state index in [9.17, 15) is 10.1 Å². The number of fused-ring (bicyclic) bond motifs is 1. The lowest BCUT2D eigenvalue weighted by molar-refractivity contribution is -0.142. The standard InChI is InChI=1S/C24H22N4O/c25-13-19-8-10-21(11-9-19)24(12-18-4-2-1-3-5-18)23(29)27(15-20-6-7-20)16-22-14-26-17-28(22)24/h1-5,8-11,14,17,20H,6-7,12,15-16H2. The molecule has 1 aromatic heterocycles. The Morgan fingerprint density at radius 1 is 1.10 bits per heavy atom. The van der Waals surface area contributed by atoms with Crippen LogP contribution in [0.1, 0.15) is 35.2 Å².